The Morgan fingerprint density at radius 1 is 0.957 bits per heavy atom. The third-order valence-corrected chi connectivity index (χ3v) is 11.1. The second kappa shape index (κ2) is 12.9. The van der Waals surface area contributed by atoms with Crippen LogP contribution in [-0.4, -0.2) is 40.6 Å². The number of nitrogens with zero attached hydrogens (tertiary/aromatic N) is 3. The van der Waals surface area contributed by atoms with Gasteiger partial charge in [-0.15, -0.1) is 0 Å². The maximum absolute atomic E-state index is 14.1. The Labute approximate surface area is 281 Å². The number of alkyl halides is 3. The number of benzene rings is 3. The number of thiazole rings is 1. The highest BCUT2D eigenvalue weighted by molar-refractivity contribution is 8.00. The van der Waals surface area contributed by atoms with E-state index in [9.17, 15) is 32.3 Å². The van der Waals surface area contributed by atoms with Crippen LogP contribution in [0.4, 0.5) is 30.2 Å². The van der Waals surface area contributed by atoms with Crippen LogP contribution in [0.15, 0.2) is 82.6 Å². The van der Waals surface area contributed by atoms with E-state index in [1.165, 1.54) is 10.6 Å². The lowest BCUT2D eigenvalue weighted by molar-refractivity contribution is -0.137. The van der Waals surface area contributed by atoms with E-state index in [1.807, 2.05) is 38.1 Å². The zero-order valence-corrected chi connectivity index (χ0v) is 27.5. The molecule has 3 atom stereocenters. The second-order valence-corrected chi connectivity index (χ2v) is 13.6. The highest BCUT2D eigenvalue weighted by atomic mass is 35.5. The smallest absolute Gasteiger partial charge is 0.372 e. The number of imide groups is 1. The molecule has 0 aliphatic carbocycles. The molecule has 3 aromatic carbocycles. The molecule has 3 heterocycles. The Kier molecular flexibility index (Phi) is 8.98. The Morgan fingerprint density at radius 3 is 2.28 bits per heavy atom. The predicted molar refractivity (Wildman–Crippen MR) is 178 cm³/mol. The van der Waals surface area contributed by atoms with Crippen molar-refractivity contribution in [1.29, 1.82) is 0 Å². The number of halogens is 4. The van der Waals surface area contributed by atoms with E-state index in [0.29, 0.717) is 26.2 Å². The van der Waals surface area contributed by atoms with Crippen LogP contribution < -0.4 is 20.0 Å². The van der Waals surface area contributed by atoms with Gasteiger partial charge in [0.25, 0.3) is 0 Å². The molecular weight excluding hydrogens is 673 g/mol. The van der Waals surface area contributed by atoms with E-state index in [-0.39, 0.29) is 12.2 Å². The molecule has 0 spiro atoms. The first kappa shape index (κ1) is 32.9. The minimum absolute atomic E-state index is 0.177. The topological polar surface area (TPSA) is 91.7 Å². The van der Waals surface area contributed by atoms with Gasteiger partial charge in [-0.25, -0.2) is 4.90 Å². The fraction of sp³-hybridized carbons (Fsp3) is 0.273. The van der Waals surface area contributed by atoms with Crippen molar-refractivity contribution in [2.75, 3.05) is 28.2 Å². The number of fused-ring (bicyclic) bond motifs is 2. The van der Waals surface area contributed by atoms with Crippen LogP contribution in [0, 0.1) is 5.92 Å². The molecule has 0 bridgehead atoms. The number of carbonyl (C=O) groups excluding carboxylic acids is 3. The van der Waals surface area contributed by atoms with Crippen LogP contribution in [0.25, 0.3) is 0 Å². The summed E-state index contributed by atoms with van der Waals surface area (Å²) in [4.78, 5) is 57.6. The Balaban J connectivity index is 1.41. The van der Waals surface area contributed by atoms with E-state index >= 15 is 0 Å². The lowest BCUT2D eigenvalue weighted by atomic mass is 9.83. The van der Waals surface area contributed by atoms with Gasteiger partial charge >= 0.3 is 11.0 Å². The molecule has 14 heteroatoms. The van der Waals surface area contributed by atoms with E-state index in [0.717, 1.165) is 65.0 Å². The first-order valence-corrected chi connectivity index (χ1v) is 16.8. The lowest BCUT2D eigenvalue weighted by Gasteiger charge is -2.31. The molecule has 8 nitrogen and oxygen atoms in total. The molecule has 4 aromatic rings. The monoisotopic (exact) mass is 700 g/mol. The van der Waals surface area contributed by atoms with E-state index in [2.05, 4.69) is 10.2 Å². The molecule has 2 aliphatic rings. The summed E-state index contributed by atoms with van der Waals surface area (Å²) in [6, 6.07) is 18.1. The largest absolute Gasteiger partial charge is 0.416 e. The zero-order valence-electron chi connectivity index (χ0n) is 25.1. The van der Waals surface area contributed by atoms with Gasteiger partial charge in [-0.1, -0.05) is 52.9 Å². The number of carbonyl (C=O) groups is 3. The molecule has 6 rings (SSSR count). The van der Waals surface area contributed by atoms with Crippen molar-refractivity contribution < 1.29 is 27.6 Å². The van der Waals surface area contributed by atoms with Crippen LogP contribution in [-0.2, 0) is 27.1 Å². The van der Waals surface area contributed by atoms with Crippen molar-refractivity contribution in [3.05, 3.63) is 103 Å². The summed E-state index contributed by atoms with van der Waals surface area (Å²) < 4.78 is 42.0. The average molecular weight is 701 g/mol. The summed E-state index contributed by atoms with van der Waals surface area (Å²) in [6.45, 7) is 5.24. The van der Waals surface area contributed by atoms with Gasteiger partial charge < -0.3 is 10.2 Å². The summed E-state index contributed by atoms with van der Waals surface area (Å²) in [6.07, 6.45) is -4.68. The van der Waals surface area contributed by atoms with Crippen molar-refractivity contribution >= 4 is 69.5 Å². The summed E-state index contributed by atoms with van der Waals surface area (Å²) in [5, 5.41) is 2.55. The SMILES string of the molecule is CCN(CC)c1ccc([C@H]2c3sc(=O)n(CC(=O)Nc4ccc(Cl)cc4)c3SC3C(=O)N(c4cccc(C(F)(F)F)c4)C(=O)C32)cc1. The van der Waals surface area contributed by atoms with Gasteiger partial charge in [-0.05, 0) is 74.0 Å². The number of rotatable bonds is 8. The van der Waals surface area contributed by atoms with E-state index in [4.69, 9.17) is 11.6 Å². The summed E-state index contributed by atoms with van der Waals surface area (Å²) in [5.41, 5.74) is 0.932. The van der Waals surface area contributed by atoms with Gasteiger partial charge in [0.15, 0.2) is 0 Å². The number of hydrogen-bond acceptors (Lipinski definition) is 7. The lowest BCUT2D eigenvalue weighted by Crippen LogP contribution is -2.33. The second-order valence-electron chi connectivity index (χ2n) is 11.0. The summed E-state index contributed by atoms with van der Waals surface area (Å²) in [5.74, 6) is -3.58. The number of anilines is 3. The van der Waals surface area contributed by atoms with Crippen molar-refractivity contribution in [3.63, 3.8) is 0 Å². The minimum Gasteiger partial charge on any atom is -0.372 e. The highest BCUT2D eigenvalue weighted by Crippen LogP contribution is 2.54. The normalized spacial score (nSPS) is 19.0. The first-order chi connectivity index (χ1) is 22.4. The zero-order chi connectivity index (χ0) is 33.6. The third-order valence-electron chi connectivity index (χ3n) is 8.29. The van der Waals surface area contributed by atoms with Gasteiger partial charge in [-0.2, -0.15) is 13.2 Å². The van der Waals surface area contributed by atoms with Gasteiger partial charge in [0, 0.05) is 40.3 Å². The van der Waals surface area contributed by atoms with E-state index in [1.54, 1.807) is 24.3 Å². The van der Waals surface area contributed by atoms with Crippen molar-refractivity contribution in [3.8, 4) is 0 Å². The van der Waals surface area contributed by atoms with Gasteiger partial charge in [0.05, 0.1) is 22.2 Å². The molecule has 2 aliphatic heterocycles. The average Bonchev–Trinajstić information content (AvgIpc) is 3.49. The number of thioether (sulfide) groups is 1. The van der Waals surface area contributed by atoms with E-state index < -0.39 is 51.4 Å². The standard InChI is InChI=1S/C33H28ClF3N4O4S2/c1-3-39(4-2)22-14-8-18(9-15-22)25-26-27(30(44)41(29(26)43)23-7-5-6-19(16-23)33(35,36)37)46-31-28(25)47-32(45)40(31)17-24(42)38-21-12-10-20(34)11-13-21/h5-16,25-27H,3-4,17H2,1-2H3,(H,38,42)/t25-,26?,27?/m1/s1. The predicted octanol–water partition coefficient (Wildman–Crippen LogP) is 6.86. The molecule has 1 fully saturated rings. The van der Waals surface area contributed by atoms with Crippen LogP contribution >= 0.6 is 34.7 Å². The number of aromatic nitrogens is 1. The van der Waals surface area contributed by atoms with Gasteiger partial charge in [-0.3, -0.25) is 23.7 Å². The summed E-state index contributed by atoms with van der Waals surface area (Å²) >= 11 is 7.83. The number of hydrogen-bond donors (Lipinski definition) is 1. The van der Waals surface area contributed by atoms with Crippen LogP contribution in [0.2, 0.25) is 5.02 Å². The number of amides is 3. The Hall–Kier alpha value is -4.07. The maximum atomic E-state index is 14.1. The molecule has 244 valence electrons. The molecule has 1 N–H and O–H groups in total. The maximum Gasteiger partial charge on any atom is 0.416 e. The fourth-order valence-corrected chi connectivity index (χ4v) is 8.95. The first-order valence-electron chi connectivity index (χ1n) is 14.8. The van der Waals surface area contributed by atoms with Gasteiger partial charge in [0.2, 0.25) is 17.7 Å². The van der Waals surface area contributed by atoms with Crippen LogP contribution in [0.5, 0.6) is 0 Å². The molecule has 1 saturated heterocycles. The highest BCUT2D eigenvalue weighted by Gasteiger charge is 2.57. The molecule has 0 saturated carbocycles. The molecule has 1 aromatic heterocycles. The Bertz CT molecular complexity index is 1910. The molecule has 3 amide bonds. The molecule has 2 unspecified atom stereocenters. The minimum atomic E-state index is -4.68. The van der Waals surface area contributed by atoms with Crippen LogP contribution in [0.3, 0.4) is 0 Å². The fourth-order valence-electron chi connectivity index (χ4n) is 6.05. The van der Waals surface area contributed by atoms with Gasteiger partial charge in [0.1, 0.15) is 11.8 Å². The van der Waals surface area contributed by atoms with Crippen molar-refractivity contribution in [2.45, 2.75) is 42.8 Å². The van der Waals surface area contributed by atoms with Crippen molar-refractivity contribution in [2.24, 2.45) is 5.92 Å². The summed E-state index contributed by atoms with van der Waals surface area (Å²) in [7, 11) is 0. The third kappa shape index (κ3) is 6.19. The Morgan fingerprint density at radius 2 is 1.64 bits per heavy atom. The number of nitrogens with one attached hydrogen (secondary N) is 1. The molecule has 0 radical (unpaired) electrons. The van der Waals surface area contributed by atoms with Crippen LogP contribution in [0.1, 0.15) is 35.8 Å². The quantitative estimate of drug-likeness (QED) is 0.202. The molecule has 47 heavy (non-hydrogen) atoms. The molecular formula is C33H28ClF3N4O4S2. The van der Waals surface area contributed by atoms with Crippen molar-refractivity contribution in [1.82, 2.24) is 4.57 Å².